The van der Waals surface area contributed by atoms with E-state index in [0.29, 0.717) is 6.54 Å². The number of aryl methyl sites for hydroxylation is 1. The van der Waals surface area contributed by atoms with Crippen LogP contribution in [0.25, 0.3) is 0 Å². The zero-order valence-electron chi connectivity index (χ0n) is 9.82. The number of carbonyl (C=O) groups excluding carboxylic acids is 1. The molecule has 2 N–H and O–H groups in total. The standard InChI is InChI=1S/C12H19NO2S/c1-3-5-9(14)8-13-12(15)11-7-6-10(4-2)16-11/h6-7,9,14H,3-5,8H2,1-2H3,(H,13,15). The Hall–Kier alpha value is -0.870. The van der Waals surface area contributed by atoms with E-state index in [4.69, 9.17) is 0 Å². The Morgan fingerprint density at radius 2 is 2.25 bits per heavy atom. The lowest BCUT2D eigenvalue weighted by atomic mass is 10.2. The van der Waals surface area contributed by atoms with Gasteiger partial charge >= 0.3 is 0 Å². The van der Waals surface area contributed by atoms with E-state index in [2.05, 4.69) is 12.2 Å². The Balaban J connectivity index is 2.40. The quantitative estimate of drug-likeness (QED) is 0.802. The van der Waals surface area contributed by atoms with Gasteiger partial charge in [-0.3, -0.25) is 4.79 Å². The Labute approximate surface area is 100 Å². The lowest BCUT2D eigenvalue weighted by Gasteiger charge is -2.09. The lowest BCUT2D eigenvalue weighted by molar-refractivity contribution is 0.0914. The molecule has 0 saturated heterocycles. The van der Waals surface area contributed by atoms with E-state index in [1.54, 1.807) is 0 Å². The molecule has 16 heavy (non-hydrogen) atoms. The third kappa shape index (κ3) is 3.94. The lowest BCUT2D eigenvalue weighted by Crippen LogP contribution is -2.31. The molecule has 0 aliphatic carbocycles. The maximum absolute atomic E-state index is 11.7. The predicted molar refractivity (Wildman–Crippen MR) is 66.9 cm³/mol. The third-order valence-electron chi connectivity index (χ3n) is 2.35. The maximum atomic E-state index is 11.7. The zero-order valence-corrected chi connectivity index (χ0v) is 10.6. The fraction of sp³-hybridized carbons (Fsp3) is 0.583. The molecule has 0 fully saturated rings. The van der Waals surface area contributed by atoms with Gasteiger partial charge in [0.25, 0.3) is 5.91 Å². The van der Waals surface area contributed by atoms with Crippen LogP contribution in [0.2, 0.25) is 0 Å². The molecule has 90 valence electrons. The van der Waals surface area contributed by atoms with Crippen molar-refractivity contribution in [2.45, 2.75) is 39.2 Å². The van der Waals surface area contributed by atoms with Crippen LogP contribution < -0.4 is 5.32 Å². The molecule has 3 nitrogen and oxygen atoms in total. The normalized spacial score (nSPS) is 12.4. The van der Waals surface area contributed by atoms with Crippen molar-refractivity contribution in [1.29, 1.82) is 0 Å². The summed E-state index contributed by atoms with van der Waals surface area (Å²) in [6, 6.07) is 3.81. The highest BCUT2D eigenvalue weighted by molar-refractivity contribution is 7.14. The average molecular weight is 241 g/mol. The molecule has 0 bridgehead atoms. The summed E-state index contributed by atoms with van der Waals surface area (Å²) in [4.78, 5) is 13.6. The molecule has 0 aromatic carbocycles. The van der Waals surface area contributed by atoms with Gasteiger partial charge in [0.05, 0.1) is 11.0 Å². The fourth-order valence-corrected chi connectivity index (χ4v) is 2.29. The van der Waals surface area contributed by atoms with Crippen LogP contribution in [0.3, 0.4) is 0 Å². The monoisotopic (exact) mass is 241 g/mol. The summed E-state index contributed by atoms with van der Waals surface area (Å²) in [5.41, 5.74) is 0. The largest absolute Gasteiger partial charge is 0.391 e. The highest BCUT2D eigenvalue weighted by atomic mass is 32.1. The first kappa shape index (κ1) is 13.2. The van der Waals surface area contributed by atoms with Crippen molar-refractivity contribution < 1.29 is 9.90 Å². The molecule has 1 heterocycles. The summed E-state index contributed by atoms with van der Waals surface area (Å²) in [6.07, 6.45) is 2.18. The number of aliphatic hydroxyl groups excluding tert-OH is 1. The molecule has 0 saturated carbocycles. The SMILES string of the molecule is CCCC(O)CNC(=O)c1ccc(CC)s1. The van der Waals surface area contributed by atoms with Crippen LogP contribution in [0.4, 0.5) is 0 Å². The van der Waals surface area contributed by atoms with Crippen LogP contribution in [-0.4, -0.2) is 23.7 Å². The number of hydrogen-bond donors (Lipinski definition) is 2. The Morgan fingerprint density at radius 1 is 1.50 bits per heavy atom. The molecule has 0 aliphatic heterocycles. The van der Waals surface area contributed by atoms with Crippen molar-refractivity contribution in [3.63, 3.8) is 0 Å². The van der Waals surface area contributed by atoms with Crippen LogP contribution in [0.1, 0.15) is 41.2 Å². The van der Waals surface area contributed by atoms with Gasteiger partial charge in [0.15, 0.2) is 0 Å². The van der Waals surface area contributed by atoms with Crippen molar-refractivity contribution in [2.75, 3.05) is 6.54 Å². The van der Waals surface area contributed by atoms with E-state index in [0.717, 1.165) is 24.1 Å². The highest BCUT2D eigenvalue weighted by Gasteiger charge is 2.10. The van der Waals surface area contributed by atoms with Gasteiger partial charge in [0, 0.05) is 11.4 Å². The summed E-state index contributed by atoms with van der Waals surface area (Å²) in [5, 5.41) is 12.2. The molecule has 0 aliphatic rings. The minimum Gasteiger partial charge on any atom is -0.391 e. The number of carbonyl (C=O) groups is 1. The van der Waals surface area contributed by atoms with Gasteiger partial charge in [-0.2, -0.15) is 0 Å². The first-order valence-electron chi connectivity index (χ1n) is 5.72. The summed E-state index contributed by atoms with van der Waals surface area (Å²) in [7, 11) is 0. The summed E-state index contributed by atoms with van der Waals surface area (Å²) < 4.78 is 0. The van der Waals surface area contributed by atoms with Crippen molar-refractivity contribution in [3.05, 3.63) is 21.9 Å². The van der Waals surface area contributed by atoms with E-state index in [9.17, 15) is 9.90 Å². The number of hydrogen-bond acceptors (Lipinski definition) is 3. The van der Waals surface area contributed by atoms with Crippen LogP contribution >= 0.6 is 11.3 Å². The second-order valence-corrected chi connectivity index (χ2v) is 4.94. The van der Waals surface area contributed by atoms with Gasteiger partial charge < -0.3 is 10.4 Å². The number of nitrogens with one attached hydrogen (secondary N) is 1. The molecule has 1 unspecified atom stereocenters. The van der Waals surface area contributed by atoms with Gasteiger partial charge in [-0.15, -0.1) is 11.3 Å². The average Bonchev–Trinajstić information content (AvgIpc) is 2.75. The van der Waals surface area contributed by atoms with Gasteiger partial charge in [-0.05, 0) is 25.0 Å². The maximum Gasteiger partial charge on any atom is 0.261 e. The highest BCUT2D eigenvalue weighted by Crippen LogP contribution is 2.16. The zero-order chi connectivity index (χ0) is 12.0. The summed E-state index contributed by atoms with van der Waals surface area (Å²) in [5.74, 6) is -0.0835. The van der Waals surface area contributed by atoms with Crippen molar-refractivity contribution >= 4 is 17.2 Å². The first-order chi connectivity index (χ1) is 7.67. The van der Waals surface area contributed by atoms with Gasteiger partial charge in [0.1, 0.15) is 0 Å². The molecule has 1 rings (SSSR count). The van der Waals surface area contributed by atoms with E-state index in [-0.39, 0.29) is 5.91 Å². The van der Waals surface area contributed by atoms with E-state index in [1.165, 1.54) is 16.2 Å². The van der Waals surface area contributed by atoms with E-state index in [1.807, 2.05) is 19.1 Å². The second-order valence-electron chi connectivity index (χ2n) is 3.77. The smallest absolute Gasteiger partial charge is 0.261 e. The number of amides is 1. The minimum absolute atomic E-state index is 0.0835. The number of aliphatic hydroxyl groups is 1. The second kappa shape index (κ2) is 6.66. The molecule has 0 radical (unpaired) electrons. The molecule has 0 spiro atoms. The Bertz CT molecular complexity index is 336. The van der Waals surface area contributed by atoms with Gasteiger partial charge in [-0.25, -0.2) is 0 Å². The summed E-state index contributed by atoms with van der Waals surface area (Å²) in [6.45, 7) is 4.42. The number of thiophene rings is 1. The molecule has 1 aromatic rings. The van der Waals surface area contributed by atoms with Crippen LogP contribution in [-0.2, 0) is 6.42 Å². The Morgan fingerprint density at radius 3 is 2.81 bits per heavy atom. The van der Waals surface area contributed by atoms with E-state index < -0.39 is 6.10 Å². The predicted octanol–water partition coefficient (Wildman–Crippen LogP) is 2.20. The van der Waals surface area contributed by atoms with Crippen LogP contribution in [0.5, 0.6) is 0 Å². The topological polar surface area (TPSA) is 49.3 Å². The van der Waals surface area contributed by atoms with Gasteiger partial charge in [0.2, 0.25) is 0 Å². The molecule has 4 heteroatoms. The molecular weight excluding hydrogens is 222 g/mol. The molecule has 1 amide bonds. The minimum atomic E-state index is -0.431. The Kier molecular flexibility index (Phi) is 5.49. The van der Waals surface area contributed by atoms with Crippen molar-refractivity contribution in [3.8, 4) is 0 Å². The molecule has 1 atom stereocenters. The molecule has 1 aromatic heterocycles. The number of rotatable bonds is 6. The molecular formula is C12H19NO2S. The summed E-state index contributed by atoms with van der Waals surface area (Å²) >= 11 is 1.51. The van der Waals surface area contributed by atoms with Crippen molar-refractivity contribution in [1.82, 2.24) is 5.32 Å². The van der Waals surface area contributed by atoms with Crippen LogP contribution in [0.15, 0.2) is 12.1 Å². The third-order valence-corrected chi connectivity index (χ3v) is 3.58. The first-order valence-corrected chi connectivity index (χ1v) is 6.54. The van der Waals surface area contributed by atoms with E-state index >= 15 is 0 Å². The van der Waals surface area contributed by atoms with Gasteiger partial charge in [-0.1, -0.05) is 20.3 Å². The fourth-order valence-electron chi connectivity index (χ4n) is 1.42. The van der Waals surface area contributed by atoms with Crippen LogP contribution in [0, 0.1) is 0 Å². The van der Waals surface area contributed by atoms with Crippen molar-refractivity contribution in [2.24, 2.45) is 0 Å².